The summed E-state index contributed by atoms with van der Waals surface area (Å²) < 4.78 is 25.2. The smallest absolute Gasteiger partial charge is 0.151 e. The third-order valence-electron chi connectivity index (χ3n) is 3.89. The molecule has 0 amide bonds. The Hall–Kier alpha value is -0.880. The van der Waals surface area contributed by atoms with Crippen LogP contribution in [0, 0.1) is 6.92 Å². The normalized spacial score (nSPS) is 24.6. The van der Waals surface area contributed by atoms with Crippen LogP contribution < -0.4 is 5.32 Å². The quantitative estimate of drug-likeness (QED) is 0.879. The van der Waals surface area contributed by atoms with Crippen LogP contribution in [0.4, 0.5) is 0 Å². The highest BCUT2D eigenvalue weighted by Gasteiger charge is 2.34. The second kappa shape index (κ2) is 5.01. The minimum Gasteiger partial charge on any atom is -0.309 e. The predicted octanol–water partition coefficient (Wildman–Crippen LogP) is 0.784. The van der Waals surface area contributed by atoms with Crippen molar-refractivity contribution in [1.29, 1.82) is 0 Å². The van der Waals surface area contributed by atoms with E-state index in [0.717, 1.165) is 30.5 Å². The van der Waals surface area contributed by atoms with Crippen molar-refractivity contribution >= 4 is 9.84 Å². The highest BCUT2D eigenvalue weighted by atomic mass is 32.2. The molecule has 0 saturated heterocycles. The highest BCUT2D eigenvalue weighted by Crippen LogP contribution is 2.25. The maximum Gasteiger partial charge on any atom is 0.151 e. The van der Waals surface area contributed by atoms with Gasteiger partial charge in [-0.2, -0.15) is 5.10 Å². The Morgan fingerprint density at radius 2 is 2.22 bits per heavy atom. The van der Waals surface area contributed by atoms with Crippen molar-refractivity contribution in [3.05, 3.63) is 17.5 Å². The number of nitrogens with zero attached hydrogens (tertiary/aromatic N) is 2. The molecular formula is C12H21N3O2S. The summed E-state index contributed by atoms with van der Waals surface area (Å²) in [5.41, 5.74) is 2.26. The summed E-state index contributed by atoms with van der Waals surface area (Å²) in [5.74, 6) is 0. The van der Waals surface area contributed by atoms with E-state index in [4.69, 9.17) is 0 Å². The summed E-state index contributed by atoms with van der Waals surface area (Å²) in [6, 6.07) is 0.0830. The van der Waals surface area contributed by atoms with Crippen LogP contribution in [0.25, 0.3) is 0 Å². The van der Waals surface area contributed by atoms with Crippen molar-refractivity contribution in [1.82, 2.24) is 15.1 Å². The number of aromatic nitrogens is 2. The van der Waals surface area contributed by atoms with Crippen LogP contribution in [0.5, 0.6) is 0 Å². The molecule has 2 rings (SSSR count). The van der Waals surface area contributed by atoms with Gasteiger partial charge in [0.2, 0.25) is 0 Å². The fraction of sp³-hybridized carbons (Fsp3) is 0.750. The number of sulfone groups is 1. The minimum absolute atomic E-state index is 0.0830. The lowest BCUT2D eigenvalue weighted by molar-refractivity contribution is 0.506. The van der Waals surface area contributed by atoms with Gasteiger partial charge in [-0.15, -0.1) is 0 Å². The zero-order valence-corrected chi connectivity index (χ0v) is 12.0. The van der Waals surface area contributed by atoms with Crippen LogP contribution in [-0.4, -0.2) is 35.7 Å². The fourth-order valence-electron chi connectivity index (χ4n) is 2.63. The van der Waals surface area contributed by atoms with Crippen LogP contribution in [0.2, 0.25) is 0 Å². The summed E-state index contributed by atoms with van der Waals surface area (Å²) in [7, 11) is -1.03. The second-order valence-electron chi connectivity index (χ2n) is 5.17. The number of rotatable bonds is 4. The van der Waals surface area contributed by atoms with Crippen LogP contribution in [0.3, 0.4) is 0 Å². The topological polar surface area (TPSA) is 64.0 Å². The van der Waals surface area contributed by atoms with Gasteiger partial charge in [-0.3, -0.25) is 4.68 Å². The first-order valence-corrected chi connectivity index (χ1v) is 8.25. The molecule has 0 radical (unpaired) electrons. The van der Waals surface area contributed by atoms with Gasteiger partial charge in [-0.05, 0) is 19.8 Å². The summed E-state index contributed by atoms with van der Waals surface area (Å²) in [5, 5.41) is 7.34. The lowest BCUT2D eigenvalue weighted by Gasteiger charge is -2.19. The summed E-state index contributed by atoms with van der Waals surface area (Å²) in [6.45, 7) is 2.71. The molecule has 0 aliphatic heterocycles. The van der Waals surface area contributed by atoms with Gasteiger partial charge in [0.1, 0.15) is 0 Å². The summed E-state index contributed by atoms with van der Waals surface area (Å²) in [4.78, 5) is 0. The molecule has 1 heterocycles. The van der Waals surface area contributed by atoms with Gasteiger partial charge in [-0.1, -0.05) is 6.42 Å². The molecular weight excluding hydrogens is 250 g/mol. The highest BCUT2D eigenvalue weighted by molar-refractivity contribution is 7.91. The second-order valence-corrected chi connectivity index (χ2v) is 7.43. The first-order chi connectivity index (χ1) is 8.39. The Kier molecular flexibility index (Phi) is 3.77. The van der Waals surface area contributed by atoms with Crippen molar-refractivity contribution in [3.63, 3.8) is 0 Å². The Morgan fingerprint density at radius 1 is 1.50 bits per heavy atom. The van der Waals surface area contributed by atoms with Crippen molar-refractivity contribution < 1.29 is 8.42 Å². The first kappa shape index (κ1) is 13.5. The summed E-state index contributed by atoms with van der Waals surface area (Å²) in [6.07, 6.45) is 5.89. The molecule has 0 bridgehead atoms. The molecule has 1 aromatic rings. The monoisotopic (exact) mass is 271 g/mol. The van der Waals surface area contributed by atoms with Gasteiger partial charge in [0.25, 0.3) is 0 Å². The summed E-state index contributed by atoms with van der Waals surface area (Å²) >= 11 is 0. The Balaban J connectivity index is 2.00. The van der Waals surface area contributed by atoms with Crippen LogP contribution in [0.1, 0.15) is 30.5 Å². The zero-order chi connectivity index (χ0) is 13.3. The third kappa shape index (κ3) is 2.75. The molecule has 1 aliphatic rings. The molecule has 2 atom stereocenters. The minimum atomic E-state index is -2.94. The first-order valence-electron chi connectivity index (χ1n) is 6.29. The van der Waals surface area contributed by atoms with Crippen LogP contribution in [0.15, 0.2) is 6.20 Å². The largest absolute Gasteiger partial charge is 0.309 e. The Bertz CT molecular complexity index is 521. The van der Waals surface area contributed by atoms with Crippen molar-refractivity contribution in [2.45, 2.75) is 44.0 Å². The van der Waals surface area contributed by atoms with E-state index in [1.165, 1.54) is 6.26 Å². The van der Waals surface area contributed by atoms with Crippen molar-refractivity contribution in [2.75, 3.05) is 6.26 Å². The van der Waals surface area contributed by atoms with Gasteiger partial charge < -0.3 is 5.32 Å². The fourth-order valence-corrected chi connectivity index (χ4v) is 4.05. The van der Waals surface area contributed by atoms with E-state index in [2.05, 4.69) is 10.4 Å². The molecule has 0 spiro atoms. The molecule has 1 fully saturated rings. The molecule has 1 aromatic heterocycles. The average molecular weight is 271 g/mol. The maximum absolute atomic E-state index is 11.7. The number of hydrogen-bond acceptors (Lipinski definition) is 4. The molecule has 1 saturated carbocycles. The molecule has 1 aliphatic carbocycles. The molecule has 102 valence electrons. The van der Waals surface area contributed by atoms with E-state index in [1.807, 2.05) is 24.9 Å². The maximum atomic E-state index is 11.7. The van der Waals surface area contributed by atoms with Gasteiger partial charge in [0.05, 0.1) is 11.4 Å². The van der Waals surface area contributed by atoms with E-state index in [-0.39, 0.29) is 11.3 Å². The molecule has 1 N–H and O–H groups in total. The van der Waals surface area contributed by atoms with E-state index >= 15 is 0 Å². The molecule has 0 aromatic carbocycles. The Morgan fingerprint density at radius 3 is 2.78 bits per heavy atom. The van der Waals surface area contributed by atoms with E-state index in [1.54, 1.807) is 0 Å². The van der Waals surface area contributed by atoms with Gasteiger partial charge in [-0.25, -0.2) is 8.42 Å². The average Bonchev–Trinajstić information content (AvgIpc) is 2.85. The third-order valence-corrected chi connectivity index (χ3v) is 5.56. The Labute approximate surface area is 108 Å². The molecule has 5 nitrogen and oxygen atoms in total. The van der Waals surface area contributed by atoms with E-state index in [9.17, 15) is 8.42 Å². The number of hydrogen-bond donors (Lipinski definition) is 1. The van der Waals surface area contributed by atoms with Crippen LogP contribution in [-0.2, 0) is 23.4 Å². The number of nitrogens with one attached hydrogen (secondary N) is 1. The van der Waals surface area contributed by atoms with Gasteiger partial charge in [0.15, 0.2) is 9.84 Å². The zero-order valence-electron chi connectivity index (χ0n) is 11.2. The predicted molar refractivity (Wildman–Crippen MR) is 71.1 cm³/mol. The van der Waals surface area contributed by atoms with Crippen molar-refractivity contribution in [3.8, 4) is 0 Å². The van der Waals surface area contributed by atoms with Gasteiger partial charge >= 0.3 is 0 Å². The van der Waals surface area contributed by atoms with Crippen LogP contribution >= 0.6 is 0 Å². The SMILES string of the molecule is Cc1c(CNC2CCCC2S(C)(=O)=O)cnn1C. The van der Waals surface area contributed by atoms with Gasteiger partial charge in [0, 0.05) is 37.1 Å². The number of aryl methyl sites for hydroxylation is 1. The molecule has 2 unspecified atom stereocenters. The lowest BCUT2D eigenvalue weighted by atomic mass is 10.2. The molecule has 18 heavy (non-hydrogen) atoms. The standard InChI is InChI=1S/C12H21N3O2S/c1-9-10(8-14-15(9)2)7-13-11-5-4-6-12(11)18(3,16)17/h8,11-13H,4-7H2,1-3H3. The van der Waals surface area contributed by atoms with E-state index < -0.39 is 9.84 Å². The lowest BCUT2D eigenvalue weighted by Crippen LogP contribution is -2.39. The molecule has 6 heteroatoms. The van der Waals surface area contributed by atoms with E-state index in [0.29, 0.717) is 6.54 Å². The van der Waals surface area contributed by atoms with Crippen molar-refractivity contribution in [2.24, 2.45) is 7.05 Å².